The van der Waals surface area contributed by atoms with E-state index in [2.05, 4.69) is 120 Å². The van der Waals surface area contributed by atoms with E-state index in [9.17, 15) is 0 Å². The third kappa shape index (κ3) is 5.69. The van der Waals surface area contributed by atoms with Gasteiger partial charge in [0, 0.05) is 45.1 Å². The van der Waals surface area contributed by atoms with Crippen LogP contribution in [0.1, 0.15) is 22.8 Å². The Balaban J connectivity index is 1.05. The highest BCUT2D eigenvalue weighted by molar-refractivity contribution is 5.98. The van der Waals surface area contributed by atoms with Gasteiger partial charge in [-0.25, -0.2) is 15.0 Å². The van der Waals surface area contributed by atoms with Crippen molar-refractivity contribution < 1.29 is 4.42 Å². The molecule has 250 valence electrons. The Morgan fingerprint density at radius 3 is 2.02 bits per heavy atom. The number of hydrogen-bond acceptors (Lipinski definition) is 5. The van der Waals surface area contributed by atoms with Gasteiger partial charge in [-0.15, -0.1) is 0 Å². The summed E-state index contributed by atoms with van der Waals surface area (Å²) < 4.78 is 6.49. The Morgan fingerprint density at radius 2 is 1.19 bits per heavy atom. The highest BCUT2D eigenvalue weighted by atomic mass is 16.3. The predicted octanol–water partition coefficient (Wildman–Crippen LogP) is 11.9. The number of nitrogens with zero attached hydrogens (tertiary/aromatic N) is 4. The molecule has 0 N–H and O–H groups in total. The molecule has 0 spiro atoms. The van der Waals surface area contributed by atoms with Crippen molar-refractivity contribution in [2.75, 3.05) is 0 Å². The van der Waals surface area contributed by atoms with Crippen molar-refractivity contribution in [3.8, 4) is 56.4 Å². The van der Waals surface area contributed by atoms with Crippen molar-refractivity contribution in [1.29, 1.82) is 0 Å². The molecule has 0 aliphatic heterocycles. The Bertz CT molecular complexity index is 2800. The summed E-state index contributed by atoms with van der Waals surface area (Å²) in [7, 11) is 0. The summed E-state index contributed by atoms with van der Waals surface area (Å²) in [5.41, 5.74) is 11.7. The monoisotopic (exact) mass is 680 g/mol. The van der Waals surface area contributed by atoms with Crippen molar-refractivity contribution in [2.24, 2.45) is 0 Å². The van der Waals surface area contributed by atoms with Crippen LogP contribution in [0, 0.1) is 0 Å². The van der Waals surface area contributed by atoms with Crippen molar-refractivity contribution in [3.63, 3.8) is 0 Å². The van der Waals surface area contributed by atoms with Gasteiger partial charge in [-0.2, -0.15) is 0 Å². The van der Waals surface area contributed by atoms with E-state index >= 15 is 0 Å². The Kier molecular flexibility index (Phi) is 7.54. The molecule has 10 rings (SSSR count). The Hall–Kier alpha value is -6.98. The van der Waals surface area contributed by atoms with Crippen LogP contribution in [0.15, 0.2) is 174 Å². The molecule has 0 fully saturated rings. The number of benzene rings is 6. The topological polar surface area (TPSA) is 64.7 Å². The van der Waals surface area contributed by atoms with Gasteiger partial charge in [-0.1, -0.05) is 140 Å². The zero-order valence-corrected chi connectivity index (χ0v) is 28.7. The minimum atomic E-state index is 0.189. The molecule has 6 aromatic carbocycles. The van der Waals surface area contributed by atoms with E-state index in [1.165, 1.54) is 22.3 Å². The van der Waals surface area contributed by atoms with E-state index < -0.39 is 0 Å². The van der Waals surface area contributed by atoms with Gasteiger partial charge < -0.3 is 4.42 Å². The van der Waals surface area contributed by atoms with Crippen LogP contribution in [0.2, 0.25) is 0 Å². The maximum Gasteiger partial charge on any atom is 0.164 e. The number of aromatic nitrogens is 4. The predicted molar refractivity (Wildman–Crippen MR) is 214 cm³/mol. The lowest BCUT2D eigenvalue weighted by Crippen LogP contribution is -2.05. The van der Waals surface area contributed by atoms with Gasteiger partial charge >= 0.3 is 0 Å². The minimum Gasteiger partial charge on any atom is -0.456 e. The van der Waals surface area contributed by atoms with E-state index in [1.54, 1.807) is 0 Å². The van der Waals surface area contributed by atoms with Crippen molar-refractivity contribution in [1.82, 2.24) is 19.9 Å². The average Bonchev–Trinajstić information content (AvgIpc) is 3.62. The first-order chi connectivity index (χ1) is 26.2. The molecule has 9 aromatic rings. The largest absolute Gasteiger partial charge is 0.456 e. The normalized spacial score (nSPS) is 13.7. The van der Waals surface area contributed by atoms with Gasteiger partial charge in [0.15, 0.2) is 17.5 Å². The lowest BCUT2D eigenvalue weighted by molar-refractivity contribution is 0.591. The van der Waals surface area contributed by atoms with Gasteiger partial charge in [-0.05, 0) is 64.6 Å². The van der Waals surface area contributed by atoms with Gasteiger partial charge in [0.1, 0.15) is 11.3 Å². The zero-order chi connectivity index (χ0) is 35.1. The Morgan fingerprint density at radius 1 is 0.509 bits per heavy atom. The van der Waals surface area contributed by atoms with Crippen LogP contribution >= 0.6 is 0 Å². The van der Waals surface area contributed by atoms with E-state index in [-0.39, 0.29) is 5.92 Å². The SMILES string of the molecule is C1=CC(c2ccc(-c3cccc4ncccc34)cc2)Cc2c1oc1cccc(-c3nc(-c4ccccc4)nc(-c4cccc(-c5ccccc5)c4)n3)c21. The van der Waals surface area contributed by atoms with E-state index in [1.807, 2.05) is 60.8 Å². The highest BCUT2D eigenvalue weighted by Gasteiger charge is 2.25. The molecule has 3 aromatic heterocycles. The van der Waals surface area contributed by atoms with Crippen molar-refractivity contribution in [3.05, 3.63) is 187 Å². The fourth-order valence-electron chi connectivity index (χ4n) is 7.55. The van der Waals surface area contributed by atoms with Gasteiger partial charge in [-0.3, -0.25) is 4.98 Å². The number of hydrogen-bond donors (Lipinski definition) is 0. The maximum absolute atomic E-state index is 6.49. The first kappa shape index (κ1) is 30.8. The van der Waals surface area contributed by atoms with E-state index in [4.69, 9.17) is 19.4 Å². The quantitative estimate of drug-likeness (QED) is 0.175. The van der Waals surface area contributed by atoms with Gasteiger partial charge in [0.25, 0.3) is 0 Å². The number of furan rings is 1. The van der Waals surface area contributed by atoms with Crippen LogP contribution in [0.3, 0.4) is 0 Å². The third-order valence-corrected chi connectivity index (χ3v) is 10.2. The van der Waals surface area contributed by atoms with Crippen molar-refractivity contribution >= 4 is 27.9 Å². The second kappa shape index (κ2) is 13.0. The summed E-state index contributed by atoms with van der Waals surface area (Å²) in [6.07, 6.45) is 7.03. The molecule has 1 aliphatic rings. The van der Waals surface area contributed by atoms with Crippen LogP contribution in [0.25, 0.3) is 84.4 Å². The molecular weight excluding hydrogens is 649 g/mol. The number of fused-ring (bicyclic) bond motifs is 4. The number of pyridine rings is 1. The molecule has 0 amide bonds. The molecule has 0 saturated heterocycles. The van der Waals surface area contributed by atoms with Crippen LogP contribution in [0.4, 0.5) is 0 Å². The average molecular weight is 681 g/mol. The molecule has 1 atom stereocenters. The molecule has 5 heteroatoms. The molecule has 0 radical (unpaired) electrons. The second-order valence-corrected chi connectivity index (χ2v) is 13.4. The van der Waals surface area contributed by atoms with Gasteiger partial charge in [0.2, 0.25) is 0 Å². The summed E-state index contributed by atoms with van der Waals surface area (Å²) in [4.78, 5) is 19.9. The smallest absolute Gasteiger partial charge is 0.164 e. The summed E-state index contributed by atoms with van der Waals surface area (Å²) in [6, 6.07) is 54.5. The molecule has 5 nitrogen and oxygen atoms in total. The summed E-state index contributed by atoms with van der Waals surface area (Å²) in [6.45, 7) is 0. The summed E-state index contributed by atoms with van der Waals surface area (Å²) >= 11 is 0. The lowest BCUT2D eigenvalue weighted by Gasteiger charge is -2.18. The lowest BCUT2D eigenvalue weighted by atomic mass is 9.85. The molecule has 1 unspecified atom stereocenters. The van der Waals surface area contributed by atoms with Crippen LogP contribution in [0.5, 0.6) is 0 Å². The van der Waals surface area contributed by atoms with Crippen LogP contribution < -0.4 is 0 Å². The number of allylic oxidation sites excluding steroid dienone is 1. The highest BCUT2D eigenvalue weighted by Crippen LogP contribution is 2.41. The maximum atomic E-state index is 6.49. The fraction of sp³-hybridized carbons (Fsp3) is 0.0417. The molecule has 0 bridgehead atoms. The fourth-order valence-corrected chi connectivity index (χ4v) is 7.55. The zero-order valence-electron chi connectivity index (χ0n) is 28.7. The first-order valence-electron chi connectivity index (χ1n) is 17.9. The molecule has 1 aliphatic carbocycles. The van der Waals surface area contributed by atoms with Gasteiger partial charge in [0.05, 0.1) is 5.52 Å². The number of rotatable bonds is 6. The summed E-state index contributed by atoms with van der Waals surface area (Å²) in [5, 5.41) is 2.20. The Labute approximate surface area is 307 Å². The molecule has 3 heterocycles. The minimum absolute atomic E-state index is 0.189. The van der Waals surface area contributed by atoms with Crippen LogP contribution in [-0.2, 0) is 6.42 Å². The summed E-state index contributed by atoms with van der Waals surface area (Å²) in [5.74, 6) is 2.95. The standard InChI is InChI=1S/C48H32N4O/c1-3-11-31(12-4-1)35-15-7-16-37(29-35)47-50-46(34-13-5-2-6-14-34)51-48(52-47)40-18-9-21-44-45(40)41-30-36(26-27-43(41)53-44)32-22-24-33(25-23-32)38-17-8-20-42-39(38)19-10-28-49-42/h1-29,36H,30H2. The van der Waals surface area contributed by atoms with Crippen LogP contribution in [-0.4, -0.2) is 19.9 Å². The second-order valence-electron chi connectivity index (χ2n) is 13.4. The third-order valence-electron chi connectivity index (χ3n) is 10.2. The molecule has 53 heavy (non-hydrogen) atoms. The van der Waals surface area contributed by atoms with E-state index in [0.717, 1.165) is 61.9 Å². The van der Waals surface area contributed by atoms with Crippen molar-refractivity contribution in [2.45, 2.75) is 12.3 Å². The molecule has 0 saturated carbocycles. The molecular formula is C48H32N4O. The van der Waals surface area contributed by atoms with E-state index in [0.29, 0.717) is 17.5 Å². The first-order valence-corrected chi connectivity index (χ1v) is 17.9.